The third-order valence-electron chi connectivity index (χ3n) is 2.44. The second-order valence-corrected chi connectivity index (χ2v) is 4.60. The monoisotopic (exact) mass is 237 g/mol. The highest BCUT2D eigenvalue weighted by Crippen LogP contribution is 2.18. The Bertz CT molecular complexity index is 371. The van der Waals surface area contributed by atoms with E-state index in [0.29, 0.717) is 13.0 Å². The quantitative estimate of drug-likeness (QED) is 0.791. The molecule has 0 saturated heterocycles. The van der Waals surface area contributed by atoms with Crippen molar-refractivity contribution < 1.29 is 14.6 Å². The van der Waals surface area contributed by atoms with Gasteiger partial charge in [0.15, 0.2) is 0 Å². The molecule has 94 valence electrons. The fourth-order valence-electron chi connectivity index (χ4n) is 1.34. The number of rotatable bonds is 6. The van der Waals surface area contributed by atoms with E-state index in [0.717, 1.165) is 11.3 Å². The number of hydrogen-bond acceptors (Lipinski definition) is 3. The highest BCUT2D eigenvalue weighted by atomic mass is 16.5. The first-order valence-electron chi connectivity index (χ1n) is 5.63. The second kappa shape index (κ2) is 5.68. The van der Waals surface area contributed by atoms with Gasteiger partial charge in [0.2, 0.25) is 0 Å². The standard InChI is InChI=1S/C13H19NO3/c1-13(2,9-14)17-11-6-3-10(4-7-11)5-8-12(15)16/h3-4,6-7H,5,8-9,14H2,1-2H3,(H,15,16). The van der Waals surface area contributed by atoms with E-state index < -0.39 is 5.97 Å². The van der Waals surface area contributed by atoms with Gasteiger partial charge in [0, 0.05) is 13.0 Å². The van der Waals surface area contributed by atoms with Crippen LogP contribution in [-0.2, 0) is 11.2 Å². The van der Waals surface area contributed by atoms with E-state index in [1.807, 2.05) is 38.1 Å². The minimum Gasteiger partial charge on any atom is -0.487 e. The van der Waals surface area contributed by atoms with Crippen molar-refractivity contribution in [1.82, 2.24) is 0 Å². The van der Waals surface area contributed by atoms with Crippen LogP contribution in [0.3, 0.4) is 0 Å². The third-order valence-corrected chi connectivity index (χ3v) is 2.44. The maximum atomic E-state index is 10.4. The third kappa shape index (κ3) is 4.87. The van der Waals surface area contributed by atoms with Crippen molar-refractivity contribution in [3.05, 3.63) is 29.8 Å². The molecule has 4 heteroatoms. The minimum absolute atomic E-state index is 0.147. The van der Waals surface area contributed by atoms with Crippen LogP contribution in [0, 0.1) is 0 Å². The zero-order chi connectivity index (χ0) is 12.9. The summed E-state index contributed by atoms with van der Waals surface area (Å²) in [6.07, 6.45) is 0.685. The van der Waals surface area contributed by atoms with Gasteiger partial charge in [0.05, 0.1) is 0 Å². The zero-order valence-electron chi connectivity index (χ0n) is 10.3. The van der Waals surface area contributed by atoms with E-state index in [1.54, 1.807) is 0 Å². The summed E-state index contributed by atoms with van der Waals surface area (Å²) < 4.78 is 5.69. The predicted octanol–water partition coefficient (Wildman–Crippen LogP) is 1.82. The molecule has 0 amide bonds. The zero-order valence-corrected chi connectivity index (χ0v) is 10.3. The lowest BCUT2D eigenvalue weighted by Crippen LogP contribution is -2.37. The Labute approximate surface area is 101 Å². The van der Waals surface area contributed by atoms with E-state index in [4.69, 9.17) is 15.6 Å². The summed E-state index contributed by atoms with van der Waals surface area (Å²) in [5.41, 5.74) is 6.18. The molecule has 1 aromatic carbocycles. The SMILES string of the molecule is CC(C)(CN)Oc1ccc(CCC(=O)O)cc1. The molecular weight excluding hydrogens is 218 g/mol. The minimum atomic E-state index is -0.783. The van der Waals surface area contributed by atoms with Crippen molar-refractivity contribution in [3.8, 4) is 5.75 Å². The lowest BCUT2D eigenvalue weighted by Gasteiger charge is -2.24. The van der Waals surface area contributed by atoms with Crippen molar-refractivity contribution in [2.75, 3.05) is 6.54 Å². The van der Waals surface area contributed by atoms with Crippen LogP contribution in [0.1, 0.15) is 25.8 Å². The Morgan fingerprint density at radius 3 is 2.41 bits per heavy atom. The summed E-state index contributed by atoms with van der Waals surface area (Å²) in [6.45, 7) is 4.28. The Balaban J connectivity index is 2.59. The number of carboxylic acids is 1. The molecule has 0 aliphatic heterocycles. The van der Waals surface area contributed by atoms with Crippen LogP contribution in [0.5, 0.6) is 5.75 Å². The fraction of sp³-hybridized carbons (Fsp3) is 0.462. The topological polar surface area (TPSA) is 72.5 Å². The first kappa shape index (κ1) is 13.5. The van der Waals surface area contributed by atoms with Gasteiger partial charge in [-0.05, 0) is 38.0 Å². The van der Waals surface area contributed by atoms with Gasteiger partial charge in [-0.2, -0.15) is 0 Å². The van der Waals surface area contributed by atoms with Crippen molar-refractivity contribution in [2.45, 2.75) is 32.3 Å². The van der Waals surface area contributed by atoms with E-state index >= 15 is 0 Å². The number of aliphatic carboxylic acids is 1. The molecule has 0 spiro atoms. The summed E-state index contributed by atoms with van der Waals surface area (Å²) in [5, 5.41) is 8.58. The first-order valence-corrected chi connectivity index (χ1v) is 5.63. The molecule has 0 unspecified atom stereocenters. The first-order chi connectivity index (χ1) is 7.93. The van der Waals surface area contributed by atoms with E-state index in [-0.39, 0.29) is 12.0 Å². The number of aryl methyl sites for hydroxylation is 1. The number of hydrogen-bond donors (Lipinski definition) is 2. The van der Waals surface area contributed by atoms with Gasteiger partial charge in [0.1, 0.15) is 11.4 Å². The molecule has 0 fully saturated rings. The van der Waals surface area contributed by atoms with Gasteiger partial charge in [-0.25, -0.2) is 0 Å². The Hall–Kier alpha value is -1.55. The number of carboxylic acid groups (broad SMARTS) is 1. The maximum absolute atomic E-state index is 10.4. The summed E-state index contributed by atoms with van der Waals surface area (Å²) >= 11 is 0. The Kier molecular flexibility index (Phi) is 4.52. The molecule has 1 rings (SSSR count). The number of ether oxygens (including phenoxy) is 1. The highest BCUT2D eigenvalue weighted by molar-refractivity contribution is 5.67. The van der Waals surface area contributed by atoms with Crippen LogP contribution in [0.2, 0.25) is 0 Å². The van der Waals surface area contributed by atoms with Crippen LogP contribution in [0.25, 0.3) is 0 Å². The van der Waals surface area contributed by atoms with Gasteiger partial charge in [-0.1, -0.05) is 12.1 Å². The van der Waals surface area contributed by atoms with Crippen molar-refractivity contribution in [1.29, 1.82) is 0 Å². The molecular formula is C13H19NO3. The van der Waals surface area contributed by atoms with Crippen LogP contribution >= 0.6 is 0 Å². The van der Waals surface area contributed by atoms with Crippen LogP contribution in [0.4, 0.5) is 0 Å². The van der Waals surface area contributed by atoms with Gasteiger partial charge in [-0.15, -0.1) is 0 Å². The van der Waals surface area contributed by atoms with Crippen molar-refractivity contribution >= 4 is 5.97 Å². The summed E-state index contributed by atoms with van der Waals surface area (Å²) in [4.78, 5) is 10.4. The fourth-order valence-corrected chi connectivity index (χ4v) is 1.34. The molecule has 4 nitrogen and oxygen atoms in total. The largest absolute Gasteiger partial charge is 0.487 e. The molecule has 0 bridgehead atoms. The lowest BCUT2D eigenvalue weighted by molar-refractivity contribution is -0.136. The molecule has 3 N–H and O–H groups in total. The average Bonchev–Trinajstić information content (AvgIpc) is 2.28. The Morgan fingerprint density at radius 1 is 1.35 bits per heavy atom. The molecule has 0 saturated carbocycles. The van der Waals surface area contributed by atoms with E-state index in [2.05, 4.69) is 0 Å². The molecule has 0 aliphatic rings. The lowest BCUT2D eigenvalue weighted by atomic mass is 10.1. The summed E-state index contributed by atoms with van der Waals surface area (Å²) in [6, 6.07) is 7.44. The Morgan fingerprint density at radius 2 is 1.94 bits per heavy atom. The summed E-state index contributed by atoms with van der Waals surface area (Å²) in [7, 11) is 0. The predicted molar refractivity (Wildman–Crippen MR) is 66.2 cm³/mol. The molecule has 0 radical (unpaired) electrons. The molecule has 17 heavy (non-hydrogen) atoms. The van der Waals surface area contributed by atoms with Crippen molar-refractivity contribution in [2.24, 2.45) is 5.73 Å². The van der Waals surface area contributed by atoms with Crippen LogP contribution < -0.4 is 10.5 Å². The molecule has 0 aromatic heterocycles. The molecule has 0 heterocycles. The van der Waals surface area contributed by atoms with Crippen molar-refractivity contribution in [3.63, 3.8) is 0 Å². The molecule has 0 atom stereocenters. The second-order valence-electron chi connectivity index (χ2n) is 4.60. The maximum Gasteiger partial charge on any atom is 0.303 e. The number of benzene rings is 1. The van der Waals surface area contributed by atoms with Gasteiger partial charge in [-0.3, -0.25) is 4.79 Å². The van der Waals surface area contributed by atoms with E-state index in [9.17, 15) is 4.79 Å². The summed E-state index contributed by atoms with van der Waals surface area (Å²) in [5.74, 6) is -0.0332. The van der Waals surface area contributed by atoms with Crippen LogP contribution in [-0.4, -0.2) is 23.2 Å². The van der Waals surface area contributed by atoms with Gasteiger partial charge < -0.3 is 15.6 Å². The number of nitrogens with two attached hydrogens (primary N) is 1. The average molecular weight is 237 g/mol. The normalized spacial score (nSPS) is 11.2. The smallest absolute Gasteiger partial charge is 0.303 e. The molecule has 0 aliphatic carbocycles. The number of carbonyl (C=O) groups is 1. The van der Waals surface area contributed by atoms with E-state index in [1.165, 1.54) is 0 Å². The molecule has 1 aromatic rings. The van der Waals surface area contributed by atoms with Crippen LogP contribution in [0.15, 0.2) is 24.3 Å². The van der Waals surface area contributed by atoms with Gasteiger partial charge in [0.25, 0.3) is 0 Å². The highest BCUT2D eigenvalue weighted by Gasteiger charge is 2.16. The van der Waals surface area contributed by atoms with Gasteiger partial charge >= 0.3 is 5.97 Å².